The molecule has 0 unspecified atom stereocenters. The number of amides is 1. The Morgan fingerprint density at radius 1 is 1.00 bits per heavy atom. The number of nitrogens with one attached hydrogen (secondary N) is 1. The molecule has 4 N–H and O–H groups in total. The molecule has 6 heteroatoms. The summed E-state index contributed by atoms with van der Waals surface area (Å²) in [5.74, 6) is -1.39. The zero-order chi connectivity index (χ0) is 15.4. The average Bonchev–Trinajstić information content (AvgIpc) is 2.47. The number of rotatable bonds is 4. The number of anilines is 1. The third-order valence-corrected chi connectivity index (χ3v) is 3.03. The molecule has 5 nitrogen and oxygen atoms in total. The Kier molecular flexibility index (Phi) is 4.30. The van der Waals surface area contributed by atoms with Crippen molar-refractivity contribution >= 4 is 34.8 Å². The van der Waals surface area contributed by atoms with E-state index >= 15 is 0 Å². The van der Waals surface area contributed by atoms with Crippen molar-refractivity contribution in [3.63, 3.8) is 0 Å². The smallest absolute Gasteiger partial charge is 0.335 e. The minimum Gasteiger partial charge on any atom is -0.478 e. The van der Waals surface area contributed by atoms with Gasteiger partial charge in [0.05, 0.1) is 5.56 Å². The first-order valence-electron chi connectivity index (χ1n) is 6.02. The van der Waals surface area contributed by atoms with Crippen LogP contribution in [0.1, 0.15) is 26.3 Å². The largest absolute Gasteiger partial charge is 0.478 e. The molecule has 2 aromatic carbocycles. The van der Waals surface area contributed by atoms with Gasteiger partial charge in [0.1, 0.15) is 4.99 Å². The maximum absolute atomic E-state index is 12.1. The lowest BCUT2D eigenvalue weighted by Crippen LogP contribution is -2.14. The summed E-state index contributed by atoms with van der Waals surface area (Å²) in [6.07, 6.45) is 0. The molecule has 0 saturated carbocycles. The van der Waals surface area contributed by atoms with Gasteiger partial charge in [-0.2, -0.15) is 0 Å². The van der Waals surface area contributed by atoms with Crippen LogP contribution in [-0.4, -0.2) is 22.0 Å². The molecule has 0 fully saturated rings. The van der Waals surface area contributed by atoms with Gasteiger partial charge >= 0.3 is 5.97 Å². The molecule has 0 aliphatic rings. The number of nitrogens with two attached hydrogens (primary N) is 1. The molecule has 0 aliphatic carbocycles. The molecule has 2 aromatic rings. The van der Waals surface area contributed by atoms with Gasteiger partial charge in [0, 0.05) is 16.8 Å². The summed E-state index contributed by atoms with van der Waals surface area (Å²) < 4.78 is 0. The van der Waals surface area contributed by atoms with Crippen molar-refractivity contribution in [1.29, 1.82) is 0 Å². The first-order chi connectivity index (χ1) is 9.97. The van der Waals surface area contributed by atoms with E-state index in [-0.39, 0.29) is 16.5 Å². The molecule has 1 amide bonds. The molecule has 0 bridgehead atoms. The number of benzene rings is 2. The molecule has 0 aromatic heterocycles. The summed E-state index contributed by atoms with van der Waals surface area (Å²) in [5.41, 5.74) is 7.11. The van der Waals surface area contributed by atoms with E-state index in [1.54, 1.807) is 36.4 Å². The Morgan fingerprint density at radius 2 is 1.62 bits per heavy atom. The summed E-state index contributed by atoms with van der Waals surface area (Å²) in [6.45, 7) is 0. The van der Waals surface area contributed by atoms with Crippen LogP contribution in [0.4, 0.5) is 5.69 Å². The molecule has 0 atom stereocenters. The van der Waals surface area contributed by atoms with Gasteiger partial charge < -0.3 is 16.2 Å². The number of carboxylic acids is 1. The molecule has 0 spiro atoms. The van der Waals surface area contributed by atoms with Crippen molar-refractivity contribution in [3.05, 3.63) is 65.2 Å². The van der Waals surface area contributed by atoms with Crippen LogP contribution in [0.3, 0.4) is 0 Å². The number of carbonyl (C=O) groups is 2. The Bertz CT molecular complexity index is 711. The molecule has 106 valence electrons. The van der Waals surface area contributed by atoms with Gasteiger partial charge in [-0.1, -0.05) is 30.4 Å². The lowest BCUT2D eigenvalue weighted by atomic mass is 10.1. The maximum atomic E-state index is 12.1. The number of hydrogen-bond acceptors (Lipinski definition) is 3. The van der Waals surface area contributed by atoms with E-state index in [9.17, 15) is 9.59 Å². The van der Waals surface area contributed by atoms with E-state index in [4.69, 9.17) is 23.1 Å². The fourth-order valence-electron chi connectivity index (χ4n) is 1.72. The monoisotopic (exact) mass is 300 g/mol. The van der Waals surface area contributed by atoms with Crippen LogP contribution >= 0.6 is 12.2 Å². The van der Waals surface area contributed by atoms with Gasteiger partial charge in [-0.3, -0.25) is 4.79 Å². The second-order valence-electron chi connectivity index (χ2n) is 4.28. The Hall–Kier alpha value is -2.73. The summed E-state index contributed by atoms with van der Waals surface area (Å²) in [6, 6.07) is 12.5. The van der Waals surface area contributed by atoms with Gasteiger partial charge in [0.2, 0.25) is 0 Å². The highest BCUT2D eigenvalue weighted by molar-refractivity contribution is 7.80. The molecule has 0 heterocycles. The number of hydrogen-bond donors (Lipinski definition) is 3. The van der Waals surface area contributed by atoms with Gasteiger partial charge in [-0.15, -0.1) is 0 Å². The Labute approximate surface area is 126 Å². The fraction of sp³-hybridized carbons (Fsp3) is 0. The summed E-state index contributed by atoms with van der Waals surface area (Å²) in [4.78, 5) is 23.2. The zero-order valence-electron chi connectivity index (χ0n) is 10.9. The SMILES string of the molecule is NC(=S)c1ccc(C(=O)Nc2cccc(C(=O)O)c2)cc1. The lowest BCUT2D eigenvalue weighted by Gasteiger charge is -2.06. The van der Waals surface area contributed by atoms with Crippen LogP contribution in [0.5, 0.6) is 0 Å². The molecular weight excluding hydrogens is 288 g/mol. The van der Waals surface area contributed by atoms with E-state index in [2.05, 4.69) is 5.32 Å². The molecule has 21 heavy (non-hydrogen) atoms. The van der Waals surface area contributed by atoms with E-state index in [0.717, 1.165) is 0 Å². The highest BCUT2D eigenvalue weighted by Crippen LogP contribution is 2.13. The quantitative estimate of drug-likeness (QED) is 0.753. The van der Waals surface area contributed by atoms with Crippen LogP contribution in [0.25, 0.3) is 0 Å². The van der Waals surface area contributed by atoms with Crippen LogP contribution in [0.15, 0.2) is 48.5 Å². The summed E-state index contributed by atoms with van der Waals surface area (Å²) >= 11 is 4.84. The van der Waals surface area contributed by atoms with Crippen LogP contribution in [0, 0.1) is 0 Å². The molecule has 2 rings (SSSR count). The van der Waals surface area contributed by atoms with Crippen molar-refractivity contribution in [3.8, 4) is 0 Å². The van der Waals surface area contributed by atoms with Gasteiger partial charge in [-0.25, -0.2) is 4.79 Å². The molecule has 0 saturated heterocycles. The van der Waals surface area contributed by atoms with Crippen molar-refractivity contribution in [2.24, 2.45) is 5.73 Å². The van der Waals surface area contributed by atoms with Gasteiger partial charge in [-0.05, 0) is 30.3 Å². The predicted octanol–water partition coefficient (Wildman–Crippen LogP) is 2.27. The standard InChI is InChI=1S/C15H12N2O3S/c16-13(21)9-4-6-10(7-5-9)14(18)17-12-3-1-2-11(8-12)15(19)20/h1-8H,(H2,16,21)(H,17,18)(H,19,20). The Morgan fingerprint density at radius 3 is 2.19 bits per heavy atom. The second-order valence-corrected chi connectivity index (χ2v) is 4.72. The van der Waals surface area contributed by atoms with E-state index in [1.165, 1.54) is 12.1 Å². The van der Waals surface area contributed by atoms with Crippen molar-refractivity contribution in [2.45, 2.75) is 0 Å². The molecule has 0 aliphatic heterocycles. The highest BCUT2D eigenvalue weighted by atomic mass is 32.1. The molecule has 0 radical (unpaired) electrons. The first-order valence-corrected chi connectivity index (χ1v) is 6.43. The topological polar surface area (TPSA) is 92.4 Å². The third kappa shape index (κ3) is 3.64. The second kappa shape index (κ2) is 6.15. The van der Waals surface area contributed by atoms with Crippen LogP contribution in [0.2, 0.25) is 0 Å². The van der Waals surface area contributed by atoms with E-state index in [1.807, 2.05) is 0 Å². The Balaban J connectivity index is 2.16. The van der Waals surface area contributed by atoms with Gasteiger partial charge in [0.25, 0.3) is 5.91 Å². The van der Waals surface area contributed by atoms with Crippen LogP contribution < -0.4 is 11.1 Å². The molecular formula is C15H12N2O3S. The normalized spacial score (nSPS) is 9.90. The predicted molar refractivity (Wildman–Crippen MR) is 83.7 cm³/mol. The number of aromatic carboxylic acids is 1. The third-order valence-electron chi connectivity index (χ3n) is 2.80. The number of carbonyl (C=O) groups excluding carboxylic acids is 1. The van der Waals surface area contributed by atoms with Crippen molar-refractivity contribution in [1.82, 2.24) is 0 Å². The first kappa shape index (κ1) is 14.7. The summed E-state index contributed by atoms with van der Waals surface area (Å²) in [5, 5.41) is 11.5. The summed E-state index contributed by atoms with van der Waals surface area (Å²) in [7, 11) is 0. The lowest BCUT2D eigenvalue weighted by molar-refractivity contribution is 0.0696. The maximum Gasteiger partial charge on any atom is 0.335 e. The van der Waals surface area contributed by atoms with E-state index < -0.39 is 5.97 Å². The number of carboxylic acid groups (broad SMARTS) is 1. The van der Waals surface area contributed by atoms with Gasteiger partial charge in [0.15, 0.2) is 0 Å². The minimum atomic E-state index is -1.05. The zero-order valence-corrected chi connectivity index (χ0v) is 11.7. The van der Waals surface area contributed by atoms with E-state index in [0.29, 0.717) is 16.8 Å². The van der Waals surface area contributed by atoms with Crippen molar-refractivity contribution in [2.75, 3.05) is 5.32 Å². The fourth-order valence-corrected chi connectivity index (χ4v) is 1.86. The minimum absolute atomic E-state index is 0.108. The average molecular weight is 300 g/mol. The number of thiocarbonyl (C=S) groups is 1. The van der Waals surface area contributed by atoms with Crippen LogP contribution in [-0.2, 0) is 0 Å². The highest BCUT2D eigenvalue weighted by Gasteiger charge is 2.08. The van der Waals surface area contributed by atoms with Crippen molar-refractivity contribution < 1.29 is 14.7 Å².